The number of H-pyrrole nitrogens is 2. The highest BCUT2D eigenvalue weighted by Crippen LogP contribution is 2.15. The Hall–Kier alpha value is -2.70. The molecule has 0 radical (unpaired) electrons. The highest BCUT2D eigenvalue weighted by Gasteiger charge is 2.11. The Morgan fingerprint density at radius 1 is 1.28 bits per heavy atom. The molecule has 0 aliphatic carbocycles. The third-order valence-electron chi connectivity index (χ3n) is 2.69. The second-order valence-electron chi connectivity index (χ2n) is 3.84. The summed E-state index contributed by atoms with van der Waals surface area (Å²) >= 11 is 0. The molecule has 0 saturated heterocycles. The lowest BCUT2D eigenvalue weighted by Crippen LogP contribution is -2.28. The number of rotatable bonds is 1. The van der Waals surface area contributed by atoms with Gasteiger partial charge in [-0.05, 0) is 12.1 Å². The van der Waals surface area contributed by atoms with Crippen LogP contribution in [0.2, 0.25) is 0 Å². The van der Waals surface area contributed by atoms with Gasteiger partial charge in [-0.2, -0.15) is 0 Å². The number of aryl methyl sites for hydroxylation is 1. The molecule has 3 aromatic rings. The largest absolute Gasteiger partial charge is 0.332 e. The van der Waals surface area contributed by atoms with Gasteiger partial charge in [-0.1, -0.05) is 0 Å². The first-order chi connectivity index (χ1) is 8.66. The molecule has 3 heterocycles. The van der Waals surface area contributed by atoms with Gasteiger partial charge in [-0.15, -0.1) is 0 Å². The standard InChI is InChI=1S/C11H9N5O2/c1-16-9-7(10(17)15-11(16)18)13-8(14-9)6-3-2-4-12-5-6/h2-5H,1H3,(H,13,14)(H,15,17,18). The lowest BCUT2D eigenvalue weighted by atomic mass is 10.3. The van der Waals surface area contributed by atoms with Gasteiger partial charge in [0.15, 0.2) is 5.65 Å². The van der Waals surface area contributed by atoms with Crippen LogP contribution in [0.4, 0.5) is 0 Å². The van der Waals surface area contributed by atoms with Crippen molar-refractivity contribution in [1.82, 2.24) is 24.5 Å². The number of hydrogen-bond donors (Lipinski definition) is 2. The summed E-state index contributed by atoms with van der Waals surface area (Å²) in [5, 5.41) is 0. The van der Waals surface area contributed by atoms with Crippen molar-refractivity contribution in [2.75, 3.05) is 0 Å². The van der Waals surface area contributed by atoms with E-state index in [1.165, 1.54) is 4.57 Å². The number of aromatic nitrogens is 5. The summed E-state index contributed by atoms with van der Waals surface area (Å²) in [6, 6.07) is 3.59. The molecular weight excluding hydrogens is 234 g/mol. The first-order valence-electron chi connectivity index (χ1n) is 5.26. The van der Waals surface area contributed by atoms with Crippen molar-refractivity contribution in [2.45, 2.75) is 0 Å². The summed E-state index contributed by atoms with van der Waals surface area (Å²) < 4.78 is 1.28. The van der Waals surface area contributed by atoms with Gasteiger partial charge in [0, 0.05) is 25.0 Å². The first-order valence-corrected chi connectivity index (χ1v) is 5.26. The van der Waals surface area contributed by atoms with Crippen LogP contribution in [0.1, 0.15) is 0 Å². The molecule has 2 N–H and O–H groups in total. The molecule has 3 rings (SSSR count). The van der Waals surface area contributed by atoms with Gasteiger partial charge >= 0.3 is 5.69 Å². The zero-order valence-electron chi connectivity index (χ0n) is 9.47. The Morgan fingerprint density at radius 2 is 2.11 bits per heavy atom. The molecular formula is C11H9N5O2. The summed E-state index contributed by atoms with van der Waals surface area (Å²) in [6.07, 6.45) is 3.28. The number of pyridine rings is 1. The smallest absolute Gasteiger partial charge is 0.329 e. The monoisotopic (exact) mass is 243 g/mol. The van der Waals surface area contributed by atoms with Crippen molar-refractivity contribution in [3.05, 3.63) is 45.4 Å². The van der Waals surface area contributed by atoms with E-state index in [2.05, 4.69) is 19.9 Å². The number of hydrogen-bond acceptors (Lipinski definition) is 4. The Bertz CT molecular complexity index is 828. The molecule has 7 nitrogen and oxygen atoms in total. The van der Waals surface area contributed by atoms with Crippen LogP contribution >= 0.6 is 0 Å². The highest BCUT2D eigenvalue weighted by molar-refractivity contribution is 5.74. The quantitative estimate of drug-likeness (QED) is 0.629. The molecule has 18 heavy (non-hydrogen) atoms. The van der Waals surface area contributed by atoms with Crippen LogP contribution in [-0.2, 0) is 7.05 Å². The maximum absolute atomic E-state index is 11.6. The van der Waals surface area contributed by atoms with Gasteiger partial charge in [0.2, 0.25) is 0 Å². The summed E-state index contributed by atoms with van der Waals surface area (Å²) in [5.74, 6) is 0.504. The zero-order chi connectivity index (χ0) is 12.7. The van der Waals surface area contributed by atoms with Crippen LogP contribution in [0.25, 0.3) is 22.6 Å². The first kappa shape index (κ1) is 10.5. The second-order valence-corrected chi connectivity index (χ2v) is 3.84. The van der Waals surface area contributed by atoms with Crippen LogP contribution in [0.15, 0.2) is 34.1 Å². The van der Waals surface area contributed by atoms with Crippen LogP contribution in [0.5, 0.6) is 0 Å². The van der Waals surface area contributed by atoms with Crippen LogP contribution in [0, 0.1) is 0 Å². The average molecular weight is 243 g/mol. The van der Waals surface area contributed by atoms with Crippen molar-refractivity contribution >= 4 is 11.2 Å². The van der Waals surface area contributed by atoms with Crippen molar-refractivity contribution < 1.29 is 0 Å². The molecule has 0 aromatic carbocycles. The topological polar surface area (TPSA) is 96.4 Å². The van der Waals surface area contributed by atoms with Crippen LogP contribution < -0.4 is 11.2 Å². The van der Waals surface area contributed by atoms with E-state index in [0.717, 1.165) is 5.56 Å². The number of nitrogens with one attached hydrogen (secondary N) is 2. The van der Waals surface area contributed by atoms with E-state index in [1.54, 1.807) is 25.5 Å². The van der Waals surface area contributed by atoms with Crippen molar-refractivity contribution in [2.24, 2.45) is 7.05 Å². The molecule has 0 spiro atoms. The van der Waals surface area contributed by atoms with Crippen LogP contribution in [-0.4, -0.2) is 24.5 Å². The lowest BCUT2D eigenvalue weighted by Gasteiger charge is -1.94. The zero-order valence-corrected chi connectivity index (χ0v) is 9.47. The molecule has 3 aromatic heterocycles. The average Bonchev–Trinajstić information content (AvgIpc) is 2.83. The molecule has 0 amide bonds. The van der Waals surface area contributed by atoms with Gasteiger partial charge in [-0.25, -0.2) is 9.78 Å². The molecule has 0 aliphatic rings. The van der Waals surface area contributed by atoms with Gasteiger partial charge in [0.1, 0.15) is 11.3 Å². The third-order valence-corrected chi connectivity index (χ3v) is 2.69. The molecule has 0 bridgehead atoms. The molecule has 7 heteroatoms. The van der Waals surface area contributed by atoms with E-state index in [4.69, 9.17) is 0 Å². The fourth-order valence-electron chi connectivity index (χ4n) is 1.74. The molecule has 90 valence electrons. The maximum atomic E-state index is 11.6. The summed E-state index contributed by atoms with van der Waals surface area (Å²) in [5.41, 5.74) is 0.381. The minimum atomic E-state index is -0.489. The summed E-state index contributed by atoms with van der Waals surface area (Å²) in [6.45, 7) is 0. The predicted octanol–water partition coefficient (Wildman–Crippen LogP) is 0.0119. The molecule has 0 unspecified atom stereocenters. The summed E-state index contributed by atoms with van der Waals surface area (Å²) in [7, 11) is 1.55. The highest BCUT2D eigenvalue weighted by atomic mass is 16.2. The van der Waals surface area contributed by atoms with E-state index in [1.807, 2.05) is 6.07 Å². The van der Waals surface area contributed by atoms with E-state index in [-0.39, 0.29) is 5.52 Å². The van der Waals surface area contributed by atoms with E-state index < -0.39 is 11.2 Å². The predicted molar refractivity (Wildman–Crippen MR) is 65.2 cm³/mol. The SMILES string of the molecule is Cn1c(=O)[nH]c(=O)c2[nH]c(-c3cccnc3)nc21. The molecule has 0 atom stereocenters. The Labute approximate surface area is 100 Å². The Morgan fingerprint density at radius 3 is 2.83 bits per heavy atom. The Kier molecular flexibility index (Phi) is 2.12. The lowest BCUT2D eigenvalue weighted by molar-refractivity contribution is 0.832. The molecule has 0 saturated carbocycles. The number of imidazole rings is 1. The maximum Gasteiger partial charge on any atom is 0.329 e. The van der Waals surface area contributed by atoms with E-state index in [0.29, 0.717) is 11.5 Å². The van der Waals surface area contributed by atoms with Gasteiger partial charge in [0.25, 0.3) is 5.56 Å². The minimum Gasteiger partial charge on any atom is -0.332 e. The fourth-order valence-corrected chi connectivity index (χ4v) is 1.74. The van der Waals surface area contributed by atoms with Crippen molar-refractivity contribution in [3.63, 3.8) is 0 Å². The van der Waals surface area contributed by atoms with E-state index >= 15 is 0 Å². The minimum absolute atomic E-state index is 0.274. The van der Waals surface area contributed by atoms with Gasteiger partial charge < -0.3 is 4.98 Å². The second kappa shape index (κ2) is 3.66. The normalized spacial score (nSPS) is 10.9. The number of aromatic amines is 2. The van der Waals surface area contributed by atoms with E-state index in [9.17, 15) is 9.59 Å². The molecule has 0 fully saturated rings. The number of nitrogens with zero attached hydrogens (tertiary/aromatic N) is 3. The van der Waals surface area contributed by atoms with Crippen molar-refractivity contribution in [3.8, 4) is 11.4 Å². The molecule has 0 aliphatic heterocycles. The fraction of sp³-hybridized carbons (Fsp3) is 0.0909. The summed E-state index contributed by atoms with van der Waals surface area (Å²) in [4.78, 5) is 36.4. The van der Waals surface area contributed by atoms with Gasteiger partial charge in [-0.3, -0.25) is 19.3 Å². The Balaban J connectivity index is 2.37. The number of fused-ring (bicyclic) bond motifs is 1. The van der Waals surface area contributed by atoms with Gasteiger partial charge in [0.05, 0.1) is 0 Å². The third kappa shape index (κ3) is 1.45. The van der Waals surface area contributed by atoms with Crippen LogP contribution in [0.3, 0.4) is 0 Å². The van der Waals surface area contributed by atoms with Crippen molar-refractivity contribution in [1.29, 1.82) is 0 Å².